The highest BCUT2D eigenvalue weighted by molar-refractivity contribution is 5.87. The van der Waals surface area contributed by atoms with Crippen molar-refractivity contribution in [1.29, 1.82) is 0 Å². The van der Waals surface area contributed by atoms with Gasteiger partial charge in [-0.25, -0.2) is 4.79 Å². The molecule has 0 fully saturated rings. The van der Waals surface area contributed by atoms with Crippen LogP contribution in [-0.4, -0.2) is 17.4 Å². The van der Waals surface area contributed by atoms with Crippen LogP contribution in [0.1, 0.15) is 6.92 Å². The van der Waals surface area contributed by atoms with Crippen LogP contribution in [0.15, 0.2) is 24.8 Å². The SMILES string of the molecule is C=CC(O)OC(=O)C(=C)C. The normalized spacial score (nSPS) is 11.8. The summed E-state index contributed by atoms with van der Waals surface area (Å²) >= 11 is 0. The van der Waals surface area contributed by atoms with Gasteiger partial charge in [0.2, 0.25) is 6.29 Å². The second-order valence-corrected chi connectivity index (χ2v) is 1.81. The average molecular weight is 142 g/mol. The van der Waals surface area contributed by atoms with Gasteiger partial charge in [-0.05, 0) is 13.0 Å². The highest BCUT2D eigenvalue weighted by atomic mass is 16.6. The monoisotopic (exact) mass is 142 g/mol. The smallest absolute Gasteiger partial charge is 0.335 e. The predicted molar refractivity (Wildman–Crippen MR) is 37.1 cm³/mol. The van der Waals surface area contributed by atoms with Gasteiger partial charge in [-0.2, -0.15) is 0 Å². The van der Waals surface area contributed by atoms with Crippen molar-refractivity contribution >= 4 is 5.97 Å². The standard InChI is InChI=1S/C7H10O3/c1-4-6(8)10-7(9)5(2)3/h4,6,8H,1-2H2,3H3. The highest BCUT2D eigenvalue weighted by Crippen LogP contribution is 1.95. The molecule has 0 bridgehead atoms. The lowest BCUT2D eigenvalue weighted by Gasteiger charge is -2.05. The van der Waals surface area contributed by atoms with Crippen LogP contribution in [0, 0.1) is 0 Å². The van der Waals surface area contributed by atoms with Gasteiger partial charge in [-0.1, -0.05) is 13.2 Å². The Hall–Kier alpha value is -1.09. The van der Waals surface area contributed by atoms with Crippen LogP contribution in [0.4, 0.5) is 0 Å². The maximum Gasteiger partial charge on any atom is 0.335 e. The first-order chi connectivity index (χ1) is 4.57. The van der Waals surface area contributed by atoms with E-state index in [4.69, 9.17) is 5.11 Å². The topological polar surface area (TPSA) is 46.5 Å². The summed E-state index contributed by atoms with van der Waals surface area (Å²) in [7, 11) is 0. The first kappa shape index (κ1) is 8.91. The van der Waals surface area contributed by atoms with Crippen molar-refractivity contribution in [3.63, 3.8) is 0 Å². The second kappa shape index (κ2) is 3.85. The van der Waals surface area contributed by atoms with Crippen LogP contribution in [0.2, 0.25) is 0 Å². The molecule has 3 heteroatoms. The van der Waals surface area contributed by atoms with Gasteiger partial charge in [0, 0.05) is 5.57 Å². The molecule has 0 spiro atoms. The highest BCUT2D eigenvalue weighted by Gasteiger charge is 2.06. The molecule has 0 aromatic rings. The number of aliphatic hydroxyl groups is 1. The van der Waals surface area contributed by atoms with Crippen LogP contribution < -0.4 is 0 Å². The molecular formula is C7H10O3. The van der Waals surface area contributed by atoms with E-state index in [2.05, 4.69) is 17.9 Å². The molecule has 0 aromatic carbocycles. The summed E-state index contributed by atoms with van der Waals surface area (Å²) in [5.41, 5.74) is 0.251. The van der Waals surface area contributed by atoms with Crippen LogP contribution in [0.25, 0.3) is 0 Å². The number of aliphatic hydroxyl groups excluding tert-OH is 1. The van der Waals surface area contributed by atoms with Gasteiger partial charge >= 0.3 is 5.97 Å². The number of hydrogen-bond acceptors (Lipinski definition) is 3. The molecule has 0 saturated carbocycles. The minimum Gasteiger partial charge on any atom is -0.429 e. The third kappa shape index (κ3) is 3.04. The Kier molecular flexibility index (Phi) is 3.43. The fraction of sp³-hybridized carbons (Fsp3) is 0.286. The fourth-order valence-electron chi connectivity index (χ4n) is 0.258. The first-order valence-electron chi connectivity index (χ1n) is 2.75. The number of carbonyl (C=O) groups excluding carboxylic acids is 1. The molecule has 1 unspecified atom stereocenters. The maximum atomic E-state index is 10.6. The van der Waals surface area contributed by atoms with E-state index in [1.165, 1.54) is 6.92 Å². The molecule has 56 valence electrons. The van der Waals surface area contributed by atoms with Gasteiger partial charge in [0.15, 0.2) is 0 Å². The van der Waals surface area contributed by atoms with Crippen LogP contribution in [0.5, 0.6) is 0 Å². The summed E-state index contributed by atoms with van der Waals surface area (Å²) in [5, 5.41) is 8.68. The van der Waals surface area contributed by atoms with E-state index in [0.717, 1.165) is 6.08 Å². The van der Waals surface area contributed by atoms with E-state index in [1.807, 2.05) is 0 Å². The molecular weight excluding hydrogens is 132 g/mol. The van der Waals surface area contributed by atoms with Crippen molar-refractivity contribution in [3.8, 4) is 0 Å². The summed E-state index contributed by atoms with van der Waals surface area (Å²) in [6, 6.07) is 0. The van der Waals surface area contributed by atoms with Crippen molar-refractivity contribution in [3.05, 3.63) is 24.8 Å². The largest absolute Gasteiger partial charge is 0.429 e. The maximum absolute atomic E-state index is 10.6. The van der Waals surface area contributed by atoms with E-state index in [-0.39, 0.29) is 5.57 Å². The second-order valence-electron chi connectivity index (χ2n) is 1.81. The Morgan fingerprint density at radius 3 is 2.60 bits per heavy atom. The number of rotatable bonds is 3. The number of hydrogen-bond donors (Lipinski definition) is 1. The lowest BCUT2D eigenvalue weighted by molar-refractivity contribution is -0.155. The summed E-state index contributed by atoms with van der Waals surface area (Å²) in [6.45, 7) is 8.04. The number of ether oxygens (including phenoxy) is 1. The van der Waals surface area contributed by atoms with Gasteiger partial charge < -0.3 is 9.84 Å². The van der Waals surface area contributed by atoms with E-state index in [0.29, 0.717) is 0 Å². The Morgan fingerprint density at radius 2 is 2.30 bits per heavy atom. The molecule has 0 radical (unpaired) electrons. The lowest BCUT2D eigenvalue weighted by atomic mass is 10.4. The third-order valence-electron chi connectivity index (χ3n) is 0.778. The minimum absolute atomic E-state index is 0.251. The van der Waals surface area contributed by atoms with Gasteiger partial charge in [-0.3, -0.25) is 0 Å². The molecule has 0 saturated heterocycles. The Balaban J connectivity index is 3.79. The average Bonchev–Trinajstić information content (AvgIpc) is 1.87. The predicted octanol–water partition coefficient (Wildman–Crippen LogP) is 0.610. The van der Waals surface area contributed by atoms with Crippen LogP contribution in [-0.2, 0) is 9.53 Å². The zero-order chi connectivity index (χ0) is 8.15. The molecule has 1 N–H and O–H groups in total. The molecule has 0 aliphatic heterocycles. The van der Waals surface area contributed by atoms with Crippen molar-refractivity contribution in [2.75, 3.05) is 0 Å². The molecule has 10 heavy (non-hydrogen) atoms. The molecule has 0 rings (SSSR count). The van der Waals surface area contributed by atoms with Crippen molar-refractivity contribution < 1.29 is 14.6 Å². The molecule has 0 aliphatic carbocycles. The van der Waals surface area contributed by atoms with Crippen molar-refractivity contribution in [2.24, 2.45) is 0 Å². The van der Waals surface area contributed by atoms with Crippen molar-refractivity contribution in [2.45, 2.75) is 13.2 Å². The Morgan fingerprint density at radius 1 is 1.80 bits per heavy atom. The molecule has 0 heterocycles. The summed E-state index contributed by atoms with van der Waals surface area (Å²) in [6.07, 6.45) is -0.120. The van der Waals surface area contributed by atoms with E-state index in [9.17, 15) is 4.79 Å². The number of carbonyl (C=O) groups is 1. The number of esters is 1. The molecule has 0 aliphatic rings. The zero-order valence-corrected chi connectivity index (χ0v) is 5.83. The summed E-state index contributed by atoms with van der Waals surface area (Å²) in [4.78, 5) is 10.6. The van der Waals surface area contributed by atoms with Gasteiger partial charge in [0.1, 0.15) is 0 Å². The van der Waals surface area contributed by atoms with Gasteiger partial charge in [0.25, 0.3) is 0 Å². The minimum atomic E-state index is -1.23. The van der Waals surface area contributed by atoms with Gasteiger partial charge in [0.05, 0.1) is 0 Å². The fourth-order valence-corrected chi connectivity index (χ4v) is 0.258. The molecule has 3 nitrogen and oxygen atoms in total. The van der Waals surface area contributed by atoms with Crippen molar-refractivity contribution in [1.82, 2.24) is 0 Å². The van der Waals surface area contributed by atoms with E-state index >= 15 is 0 Å². The summed E-state index contributed by atoms with van der Waals surface area (Å²) in [5.74, 6) is -0.618. The summed E-state index contributed by atoms with van der Waals surface area (Å²) < 4.78 is 4.36. The lowest BCUT2D eigenvalue weighted by Crippen LogP contribution is -2.14. The Labute approximate surface area is 59.6 Å². The van der Waals surface area contributed by atoms with Gasteiger partial charge in [-0.15, -0.1) is 0 Å². The zero-order valence-electron chi connectivity index (χ0n) is 5.83. The van der Waals surface area contributed by atoms with E-state index in [1.54, 1.807) is 0 Å². The first-order valence-corrected chi connectivity index (χ1v) is 2.75. The third-order valence-corrected chi connectivity index (χ3v) is 0.778. The van der Waals surface area contributed by atoms with Crippen LogP contribution in [0.3, 0.4) is 0 Å². The molecule has 1 atom stereocenters. The van der Waals surface area contributed by atoms with E-state index < -0.39 is 12.3 Å². The molecule has 0 aromatic heterocycles. The Bertz CT molecular complexity index is 160. The van der Waals surface area contributed by atoms with Crippen LogP contribution >= 0.6 is 0 Å². The quantitative estimate of drug-likeness (QED) is 0.272. The molecule has 0 amide bonds.